The zero-order valence-corrected chi connectivity index (χ0v) is 8.71. The molecule has 1 saturated heterocycles. The van der Waals surface area contributed by atoms with Crippen molar-refractivity contribution in [3.05, 3.63) is 12.2 Å². The summed E-state index contributed by atoms with van der Waals surface area (Å²) in [4.78, 5) is 11.1. The molecule has 2 fully saturated rings. The lowest BCUT2D eigenvalue weighted by molar-refractivity contribution is -0.113. The van der Waals surface area contributed by atoms with E-state index in [1.54, 1.807) is 7.11 Å². The minimum absolute atomic E-state index is 0.176. The fourth-order valence-corrected chi connectivity index (χ4v) is 2.80. The molecule has 0 amide bonds. The van der Waals surface area contributed by atoms with E-state index in [1.165, 1.54) is 0 Å². The molecule has 1 aliphatic heterocycles. The van der Waals surface area contributed by atoms with Gasteiger partial charge in [0.15, 0.2) is 11.9 Å². The maximum absolute atomic E-state index is 11.1. The van der Waals surface area contributed by atoms with Gasteiger partial charge in [0.2, 0.25) is 0 Å². The molecule has 14 heavy (non-hydrogen) atoms. The number of carbonyl (C=O) groups is 1. The first kappa shape index (κ1) is 9.87. The van der Waals surface area contributed by atoms with E-state index in [0.717, 1.165) is 24.7 Å². The lowest BCUT2D eigenvalue weighted by Gasteiger charge is -2.14. The Balaban J connectivity index is 2.23. The summed E-state index contributed by atoms with van der Waals surface area (Å²) in [5.41, 5.74) is 0.0784. The second kappa shape index (κ2) is 2.91. The molecule has 2 rings (SSSR count). The van der Waals surface area contributed by atoms with Gasteiger partial charge >= 0.3 is 0 Å². The molecular formula is C11H16O3. The van der Waals surface area contributed by atoms with Crippen molar-refractivity contribution in [1.82, 2.24) is 0 Å². The van der Waals surface area contributed by atoms with Gasteiger partial charge in [-0.05, 0) is 19.8 Å². The van der Waals surface area contributed by atoms with E-state index in [9.17, 15) is 4.79 Å². The number of rotatable bonds is 4. The Labute approximate surface area is 84.1 Å². The van der Waals surface area contributed by atoms with Crippen LogP contribution in [0, 0.1) is 5.92 Å². The summed E-state index contributed by atoms with van der Waals surface area (Å²) in [5.74, 6) is 0.176. The second-order valence-corrected chi connectivity index (χ2v) is 4.38. The van der Waals surface area contributed by atoms with Crippen LogP contribution in [-0.2, 0) is 14.3 Å². The number of hydrogen-bond acceptors (Lipinski definition) is 3. The van der Waals surface area contributed by atoms with Crippen molar-refractivity contribution >= 4 is 6.29 Å². The van der Waals surface area contributed by atoms with Crippen LogP contribution in [-0.4, -0.2) is 31.2 Å². The molecule has 3 nitrogen and oxygen atoms in total. The molecule has 1 saturated carbocycles. The smallest absolute Gasteiger partial charge is 0.162 e. The predicted octanol–water partition coefficient (Wildman–Crippen LogP) is 1.33. The van der Waals surface area contributed by atoms with Crippen LogP contribution in [0.5, 0.6) is 0 Å². The highest BCUT2D eigenvalue weighted by Gasteiger charge is 2.77. The van der Waals surface area contributed by atoms with Crippen LogP contribution in [0.25, 0.3) is 0 Å². The molecule has 0 spiro atoms. The number of aldehydes is 1. The molecule has 3 atom stereocenters. The number of epoxide rings is 1. The SMILES string of the molecule is C=C(C)[C@@H]1CC[C@]2(COC)O[C@@]12C=O. The Bertz CT molecular complexity index is 286. The van der Waals surface area contributed by atoms with Crippen LogP contribution in [0.1, 0.15) is 19.8 Å². The van der Waals surface area contributed by atoms with Gasteiger partial charge in [0.05, 0.1) is 6.61 Å². The number of fused-ring (bicyclic) bond motifs is 1. The van der Waals surface area contributed by atoms with E-state index in [2.05, 4.69) is 6.58 Å². The van der Waals surface area contributed by atoms with Crippen LogP contribution in [0.15, 0.2) is 12.2 Å². The van der Waals surface area contributed by atoms with Crippen molar-refractivity contribution in [1.29, 1.82) is 0 Å². The molecule has 0 radical (unpaired) electrons. The number of methoxy groups -OCH3 is 1. The lowest BCUT2D eigenvalue weighted by Crippen LogP contribution is -2.31. The summed E-state index contributed by atoms with van der Waals surface area (Å²) < 4.78 is 10.7. The summed E-state index contributed by atoms with van der Waals surface area (Å²) in [6, 6.07) is 0. The largest absolute Gasteiger partial charge is 0.382 e. The average molecular weight is 196 g/mol. The quantitative estimate of drug-likeness (QED) is 0.387. The predicted molar refractivity (Wildman–Crippen MR) is 52.0 cm³/mol. The second-order valence-electron chi connectivity index (χ2n) is 4.38. The van der Waals surface area contributed by atoms with E-state index in [0.29, 0.717) is 6.61 Å². The molecule has 0 bridgehead atoms. The maximum atomic E-state index is 11.1. The van der Waals surface area contributed by atoms with E-state index in [-0.39, 0.29) is 11.5 Å². The van der Waals surface area contributed by atoms with Gasteiger partial charge in [0.1, 0.15) is 5.60 Å². The number of ether oxygens (including phenoxy) is 2. The third-order valence-corrected chi connectivity index (χ3v) is 3.54. The molecule has 0 aromatic carbocycles. The highest BCUT2D eigenvalue weighted by atomic mass is 16.7. The summed E-state index contributed by atoms with van der Waals surface area (Å²) in [5, 5.41) is 0. The van der Waals surface area contributed by atoms with E-state index >= 15 is 0 Å². The molecule has 0 N–H and O–H groups in total. The highest BCUT2D eigenvalue weighted by molar-refractivity contribution is 5.73. The lowest BCUT2D eigenvalue weighted by atomic mass is 9.87. The van der Waals surface area contributed by atoms with Crippen molar-refractivity contribution in [3.63, 3.8) is 0 Å². The van der Waals surface area contributed by atoms with E-state index < -0.39 is 5.60 Å². The Morgan fingerprint density at radius 1 is 1.79 bits per heavy atom. The van der Waals surface area contributed by atoms with Crippen molar-refractivity contribution in [2.75, 3.05) is 13.7 Å². The minimum Gasteiger partial charge on any atom is -0.382 e. The Morgan fingerprint density at radius 3 is 3.00 bits per heavy atom. The topological polar surface area (TPSA) is 38.8 Å². The summed E-state index contributed by atoms with van der Waals surface area (Å²) in [6.07, 6.45) is 2.83. The average Bonchev–Trinajstić information content (AvgIpc) is 2.67. The number of carbonyl (C=O) groups excluding carboxylic acids is 1. The fourth-order valence-electron chi connectivity index (χ4n) is 2.80. The first-order valence-corrected chi connectivity index (χ1v) is 4.93. The first-order valence-electron chi connectivity index (χ1n) is 4.93. The monoisotopic (exact) mass is 196 g/mol. The summed E-state index contributed by atoms with van der Waals surface area (Å²) >= 11 is 0. The van der Waals surface area contributed by atoms with Gasteiger partial charge in [-0.25, -0.2) is 0 Å². The molecule has 0 aromatic rings. The van der Waals surface area contributed by atoms with Gasteiger partial charge in [-0.15, -0.1) is 0 Å². The van der Waals surface area contributed by atoms with E-state index in [1.807, 2.05) is 6.92 Å². The van der Waals surface area contributed by atoms with E-state index in [4.69, 9.17) is 9.47 Å². The number of hydrogen-bond donors (Lipinski definition) is 0. The van der Waals surface area contributed by atoms with Gasteiger partial charge in [0.25, 0.3) is 0 Å². The standard InChI is InChI=1S/C11H16O3/c1-8(2)9-4-5-10(7-13-3)11(9,6-12)14-10/h6,9H,1,4-5,7H2,2-3H3/t9-,10+,11-/m0/s1. The Morgan fingerprint density at radius 2 is 2.50 bits per heavy atom. The highest BCUT2D eigenvalue weighted by Crippen LogP contribution is 2.63. The minimum atomic E-state index is -0.616. The van der Waals surface area contributed by atoms with Crippen LogP contribution in [0.2, 0.25) is 0 Å². The van der Waals surface area contributed by atoms with Gasteiger partial charge in [-0.3, -0.25) is 4.79 Å². The van der Waals surface area contributed by atoms with Crippen LogP contribution < -0.4 is 0 Å². The molecular weight excluding hydrogens is 180 g/mol. The van der Waals surface area contributed by atoms with Crippen molar-refractivity contribution in [2.24, 2.45) is 5.92 Å². The van der Waals surface area contributed by atoms with Crippen molar-refractivity contribution in [3.8, 4) is 0 Å². The molecule has 0 unspecified atom stereocenters. The molecule has 0 aromatic heterocycles. The summed E-state index contributed by atoms with van der Waals surface area (Å²) in [7, 11) is 1.64. The molecule has 3 heteroatoms. The molecule has 2 aliphatic rings. The van der Waals surface area contributed by atoms with Gasteiger partial charge in [-0.1, -0.05) is 12.2 Å². The fraction of sp³-hybridized carbons (Fsp3) is 0.727. The van der Waals surface area contributed by atoms with Gasteiger partial charge in [0, 0.05) is 13.0 Å². The third-order valence-electron chi connectivity index (χ3n) is 3.54. The third kappa shape index (κ3) is 0.969. The van der Waals surface area contributed by atoms with Crippen molar-refractivity contribution in [2.45, 2.75) is 31.0 Å². The molecule has 78 valence electrons. The van der Waals surface area contributed by atoms with Gasteiger partial charge in [-0.2, -0.15) is 0 Å². The molecule has 1 heterocycles. The summed E-state index contributed by atoms with van der Waals surface area (Å²) in [6.45, 7) is 6.39. The normalized spacial score (nSPS) is 44.6. The zero-order chi connectivity index (χ0) is 10.4. The van der Waals surface area contributed by atoms with Crippen molar-refractivity contribution < 1.29 is 14.3 Å². The van der Waals surface area contributed by atoms with Crippen LogP contribution in [0.4, 0.5) is 0 Å². The van der Waals surface area contributed by atoms with Crippen LogP contribution in [0.3, 0.4) is 0 Å². The van der Waals surface area contributed by atoms with Crippen LogP contribution >= 0.6 is 0 Å². The Kier molecular flexibility index (Phi) is 2.05. The Hall–Kier alpha value is -0.670. The van der Waals surface area contributed by atoms with Gasteiger partial charge < -0.3 is 9.47 Å². The molecule has 1 aliphatic carbocycles. The first-order chi connectivity index (χ1) is 6.62. The maximum Gasteiger partial charge on any atom is 0.162 e. The zero-order valence-electron chi connectivity index (χ0n) is 8.71.